The highest BCUT2D eigenvalue weighted by molar-refractivity contribution is 5.96. The summed E-state index contributed by atoms with van der Waals surface area (Å²) in [5.41, 5.74) is 0.0746. The zero-order chi connectivity index (χ0) is 31.6. The highest BCUT2D eigenvalue weighted by Crippen LogP contribution is 2.45. The maximum atomic E-state index is 14.1. The Morgan fingerprint density at radius 2 is 1.84 bits per heavy atom. The van der Waals surface area contributed by atoms with Crippen LogP contribution in [0.3, 0.4) is 0 Å². The lowest BCUT2D eigenvalue weighted by Gasteiger charge is -2.31. The maximum Gasteiger partial charge on any atom is 0.410 e. The maximum absolute atomic E-state index is 14.1. The van der Waals surface area contributed by atoms with Crippen molar-refractivity contribution in [2.45, 2.75) is 102 Å². The minimum atomic E-state index is -1.43. The molecule has 3 heterocycles. The molecule has 1 aromatic carbocycles. The minimum Gasteiger partial charge on any atom is -0.479 e. The van der Waals surface area contributed by atoms with E-state index in [1.165, 1.54) is 10.5 Å². The third-order valence-corrected chi connectivity index (χ3v) is 9.26. The standard InChI is InChI=1S/C33H44N4O7/c1-32(2,3)29(40)34-25-14-8-6-4-5-7-13-23-18-33(23,30(41)42)35-27(38)26-17-24(20-37(26)28(25)39)44-31(43)36-16-15-21-11-9-10-12-22(21)19-36/h7,9-13,23-26H,4-6,8,14-20H2,1-3H3,(H,34,40)(H,35,38)(H,41,42)/b13-7-/t23-,24-,25+,26+,33-/m1/s1. The number of nitrogens with zero attached hydrogens (tertiary/aromatic N) is 2. The molecule has 238 valence electrons. The lowest BCUT2D eigenvalue weighted by atomic mass is 9.94. The number of hydrogen-bond donors (Lipinski definition) is 3. The molecular weight excluding hydrogens is 564 g/mol. The van der Waals surface area contributed by atoms with Crippen LogP contribution >= 0.6 is 0 Å². The first-order valence-electron chi connectivity index (χ1n) is 15.7. The number of allylic oxidation sites excluding steroid dienone is 1. The SMILES string of the molecule is CC(C)(C)C(=O)N[C@H]1CCCCC/C=C\[C@@H]2C[C@@]2(C(=O)O)NC(=O)[C@@H]2C[C@@H](OC(=O)N3CCc4ccccc4C3)CN2C1=O. The van der Waals surface area contributed by atoms with Gasteiger partial charge < -0.3 is 30.3 Å². The van der Waals surface area contributed by atoms with E-state index in [2.05, 4.69) is 10.6 Å². The highest BCUT2D eigenvalue weighted by atomic mass is 16.6. The Labute approximate surface area is 258 Å². The van der Waals surface area contributed by atoms with Gasteiger partial charge in [0.15, 0.2) is 0 Å². The summed E-state index contributed by atoms with van der Waals surface area (Å²) in [6.07, 6.45) is 7.06. The normalized spacial score (nSPS) is 30.0. The Hall–Kier alpha value is -3.89. The molecule has 5 rings (SSSR count). The van der Waals surface area contributed by atoms with E-state index in [0.717, 1.165) is 24.8 Å². The van der Waals surface area contributed by atoms with Gasteiger partial charge in [-0.2, -0.15) is 0 Å². The third-order valence-electron chi connectivity index (χ3n) is 9.26. The number of carbonyl (C=O) groups is 5. The Balaban J connectivity index is 1.37. The van der Waals surface area contributed by atoms with E-state index in [1.807, 2.05) is 36.4 Å². The second-order valence-corrected chi connectivity index (χ2v) is 13.6. The van der Waals surface area contributed by atoms with Gasteiger partial charge in [-0.25, -0.2) is 9.59 Å². The van der Waals surface area contributed by atoms with Crippen molar-refractivity contribution in [2.24, 2.45) is 11.3 Å². The number of ether oxygens (including phenoxy) is 1. The van der Waals surface area contributed by atoms with E-state index in [9.17, 15) is 29.1 Å². The van der Waals surface area contributed by atoms with Crippen molar-refractivity contribution in [1.82, 2.24) is 20.4 Å². The zero-order valence-electron chi connectivity index (χ0n) is 25.8. The van der Waals surface area contributed by atoms with E-state index < -0.39 is 53.0 Å². The number of aliphatic carboxylic acids is 1. The van der Waals surface area contributed by atoms with Crippen LogP contribution < -0.4 is 10.6 Å². The van der Waals surface area contributed by atoms with E-state index in [0.29, 0.717) is 32.4 Å². The largest absolute Gasteiger partial charge is 0.479 e. The van der Waals surface area contributed by atoms with Crippen molar-refractivity contribution in [3.05, 3.63) is 47.5 Å². The number of fused-ring (bicyclic) bond motifs is 3. The van der Waals surface area contributed by atoms with Gasteiger partial charge in [0.05, 0.1) is 6.54 Å². The van der Waals surface area contributed by atoms with Crippen molar-refractivity contribution in [1.29, 1.82) is 0 Å². The molecule has 1 aliphatic carbocycles. The molecule has 0 bridgehead atoms. The summed E-state index contributed by atoms with van der Waals surface area (Å²) in [5.74, 6) is -2.77. The predicted octanol–water partition coefficient (Wildman–Crippen LogP) is 3.16. The van der Waals surface area contributed by atoms with E-state index in [-0.39, 0.29) is 31.2 Å². The lowest BCUT2D eigenvalue weighted by Crippen LogP contribution is -2.57. The molecule has 3 aliphatic heterocycles. The molecule has 11 nitrogen and oxygen atoms in total. The van der Waals surface area contributed by atoms with Crippen molar-refractivity contribution < 1.29 is 33.8 Å². The van der Waals surface area contributed by atoms with Gasteiger partial charge in [-0.1, -0.05) is 70.0 Å². The Bertz CT molecular complexity index is 1340. The summed E-state index contributed by atoms with van der Waals surface area (Å²) in [6.45, 7) is 6.17. The number of carboxylic acid groups (broad SMARTS) is 1. The van der Waals surface area contributed by atoms with Gasteiger partial charge in [0.2, 0.25) is 17.7 Å². The molecule has 1 saturated carbocycles. The van der Waals surface area contributed by atoms with Gasteiger partial charge in [-0.3, -0.25) is 14.4 Å². The van der Waals surface area contributed by atoms with Gasteiger partial charge in [0.1, 0.15) is 23.7 Å². The summed E-state index contributed by atoms with van der Waals surface area (Å²) < 4.78 is 5.88. The van der Waals surface area contributed by atoms with Crippen LogP contribution in [0.5, 0.6) is 0 Å². The number of hydrogen-bond acceptors (Lipinski definition) is 6. The van der Waals surface area contributed by atoms with Gasteiger partial charge in [-0.05, 0) is 43.2 Å². The topological polar surface area (TPSA) is 145 Å². The first kappa shape index (κ1) is 31.5. The number of rotatable bonds is 3. The first-order valence-corrected chi connectivity index (χ1v) is 15.7. The lowest BCUT2D eigenvalue weighted by molar-refractivity contribution is -0.146. The Kier molecular flexibility index (Phi) is 9.04. The molecule has 2 fully saturated rings. The molecule has 11 heteroatoms. The van der Waals surface area contributed by atoms with E-state index in [4.69, 9.17) is 4.74 Å². The van der Waals surface area contributed by atoms with Crippen LogP contribution in [0.25, 0.3) is 0 Å². The first-order chi connectivity index (χ1) is 20.9. The smallest absolute Gasteiger partial charge is 0.410 e. The van der Waals surface area contributed by atoms with Crippen LogP contribution in [-0.2, 0) is 36.9 Å². The monoisotopic (exact) mass is 608 g/mol. The average molecular weight is 609 g/mol. The number of amides is 4. The van der Waals surface area contributed by atoms with Crippen LogP contribution in [0, 0.1) is 11.3 Å². The van der Waals surface area contributed by atoms with Gasteiger partial charge in [0, 0.05) is 30.8 Å². The molecule has 5 atom stereocenters. The van der Waals surface area contributed by atoms with E-state index in [1.54, 1.807) is 25.7 Å². The fraction of sp³-hybridized carbons (Fsp3) is 0.606. The highest BCUT2D eigenvalue weighted by Gasteiger charge is 2.61. The number of carbonyl (C=O) groups excluding carboxylic acids is 4. The molecule has 1 saturated heterocycles. The number of nitrogens with one attached hydrogen (secondary N) is 2. The van der Waals surface area contributed by atoms with Crippen LogP contribution in [-0.4, -0.2) is 81.5 Å². The fourth-order valence-corrected chi connectivity index (χ4v) is 6.39. The van der Waals surface area contributed by atoms with Crippen LogP contribution in [0.1, 0.15) is 76.8 Å². The molecule has 0 unspecified atom stereocenters. The molecule has 1 aromatic rings. The molecule has 0 radical (unpaired) electrons. The van der Waals surface area contributed by atoms with Crippen LogP contribution in [0.4, 0.5) is 4.79 Å². The Morgan fingerprint density at radius 3 is 2.57 bits per heavy atom. The molecule has 4 aliphatic rings. The Morgan fingerprint density at radius 1 is 1.09 bits per heavy atom. The summed E-state index contributed by atoms with van der Waals surface area (Å²) in [4.78, 5) is 69.4. The molecule has 44 heavy (non-hydrogen) atoms. The third kappa shape index (κ3) is 6.76. The number of benzene rings is 1. The van der Waals surface area contributed by atoms with Gasteiger partial charge in [-0.15, -0.1) is 0 Å². The average Bonchev–Trinajstić information content (AvgIpc) is 3.52. The molecule has 3 N–H and O–H groups in total. The summed E-state index contributed by atoms with van der Waals surface area (Å²) >= 11 is 0. The molecule has 0 aromatic heterocycles. The molecule has 0 spiro atoms. The molecule has 4 amide bonds. The van der Waals surface area contributed by atoms with Gasteiger partial charge in [0.25, 0.3) is 0 Å². The summed E-state index contributed by atoms with van der Waals surface area (Å²) in [7, 11) is 0. The number of carboxylic acids is 1. The zero-order valence-corrected chi connectivity index (χ0v) is 25.8. The van der Waals surface area contributed by atoms with Crippen molar-refractivity contribution in [2.75, 3.05) is 13.1 Å². The fourth-order valence-electron chi connectivity index (χ4n) is 6.39. The van der Waals surface area contributed by atoms with Crippen molar-refractivity contribution in [3.8, 4) is 0 Å². The summed E-state index contributed by atoms with van der Waals surface area (Å²) in [5, 5.41) is 15.7. The summed E-state index contributed by atoms with van der Waals surface area (Å²) in [6, 6.07) is 6.01. The van der Waals surface area contributed by atoms with Crippen molar-refractivity contribution in [3.63, 3.8) is 0 Å². The minimum absolute atomic E-state index is 0.0294. The van der Waals surface area contributed by atoms with Crippen LogP contribution in [0.2, 0.25) is 0 Å². The second kappa shape index (κ2) is 12.6. The van der Waals surface area contributed by atoms with Crippen molar-refractivity contribution >= 4 is 29.8 Å². The quantitative estimate of drug-likeness (QED) is 0.447. The van der Waals surface area contributed by atoms with Gasteiger partial charge >= 0.3 is 12.1 Å². The van der Waals surface area contributed by atoms with E-state index >= 15 is 0 Å². The molecular formula is C33H44N4O7. The second-order valence-electron chi connectivity index (χ2n) is 13.6. The van der Waals surface area contributed by atoms with Crippen LogP contribution in [0.15, 0.2) is 36.4 Å². The predicted molar refractivity (Wildman–Crippen MR) is 161 cm³/mol.